The quantitative estimate of drug-likeness (QED) is 0.517. The fourth-order valence-electron chi connectivity index (χ4n) is 2.02. The summed E-state index contributed by atoms with van der Waals surface area (Å²) in [6.07, 6.45) is 3.14. The molecule has 3 aromatic rings. The number of hydrogen-bond donors (Lipinski definition) is 4. The van der Waals surface area contributed by atoms with E-state index in [4.69, 9.17) is 16.9 Å². The Morgan fingerprint density at radius 1 is 1.11 bits per heavy atom. The molecule has 6 N–H and O–H groups in total. The van der Waals surface area contributed by atoms with Crippen molar-refractivity contribution in [2.75, 3.05) is 11.5 Å². The summed E-state index contributed by atoms with van der Waals surface area (Å²) in [6.45, 7) is 0. The second kappa shape index (κ2) is 4.09. The van der Waals surface area contributed by atoms with Crippen LogP contribution in [0.25, 0.3) is 10.9 Å². The molecule has 0 aliphatic carbocycles. The SMILES string of the molecule is N=C(c1ccc2[nH]ccc2c1)c1c(N)ncnc1N. The molecule has 0 aliphatic heterocycles. The Labute approximate surface area is 109 Å². The maximum Gasteiger partial charge on any atom is 0.138 e. The van der Waals surface area contributed by atoms with Crippen LogP contribution < -0.4 is 11.5 Å². The molecule has 0 radical (unpaired) electrons. The topological polar surface area (TPSA) is 117 Å². The van der Waals surface area contributed by atoms with Crippen LogP contribution in [-0.4, -0.2) is 20.7 Å². The van der Waals surface area contributed by atoms with Crippen molar-refractivity contribution in [3.8, 4) is 0 Å². The van der Waals surface area contributed by atoms with E-state index in [1.165, 1.54) is 6.33 Å². The lowest BCUT2D eigenvalue weighted by Crippen LogP contribution is -2.11. The molecule has 94 valence electrons. The van der Waals surface area contributed by atoms with Gasteiger partial charge in [-0.3, -0.25) is 5.41 Å². The molecular formula is C13H12N6. The van der Waals surface area contributed by atoms with Crippen molar-refractivity contribution in [1.29, 1.82) is 5.41 Å². The van der Waals surface area contributed by atoms with Gasteiger partial charge in [-0.1, -0.05) is 6.07 Å². The van der Waals surface area contributed by atoms with E-state index in [1.54, 1.807) is 0 Å². The zero-order valence-electron chi connectivity index (χ0n) is 10.0. The van der Waals surface area contributed by atoms with Crippen LogP contribution in [0.3, 0.4) is 0 Å². The van der Waals surface area contributed by atoms with Gasteiger partial charge < -0.3 is 16.5 Å². The van der Waals surface area contributed by atoms with E-state index in [9.17, 15) is 0 Å². The van der Waals surface area contributed by atoms with Crippen molar-refractivity contribution in [2.24, 2.45) is 0 Å². The smallest absolute Gasteiger partial charge is 0.138 e. The van der Waals surface area contributed by atoms with Crippen molar-refractivity contribution in [2.45, 2.75) is 0 Å². The Bertz CT molecular complexity index is 753. The van der Waals surface area contributed by atoms with Crippen LogP contribution in [0.5, 0.6) is 0 Å². The van der Waals surface area contributed by atoms with Crippen molar-refractivity contribution in [1.82, 2.24) is 15.0 Å². The second-order valence-electron chi connectivity index (χ2n) is 4.17. The molecule has 0 atom stereocenters. The third kappa shape index (κ3) is 1.79. The molecule has 6 heteroatoms. The van der Waals surface area contributed by atoms with Crippen LogP contribution in [0.2, 0.25) is 0 Å². The van der Waals surface area contributed by atoms with Gasteiger partial charge in [0.1, 0.15) is 18.0 Å². The van der Waals surface area contributed by atoms with Gasteiger partial charge in [0, 0.05) is 22.7 Å². The Morgan fingerprint density at radius 3 is 2.58 bits per heavy atom. The first-order valence-corrected chi connectivity index (χ1v) is 5.69. The average molecular weight is 252 g/mol. The van der Waals surface area contributed by atoms with Crippen molar-refractivity contribution >= 4 is 28.3 Å². The molecule has 3 rings (SSSR count). The van der Waals surface area contributed by atoms with E-state index in [2.05, 4.69) is 15.0 Å². The first-order chi connectivity index (χ1) is 9.16. The van der Waals surface area contributed by atoms with Crippen molar-refractivity contribution < 1.29 is 0 Å². The largest absolute Gasteiger partial charge is 0.383 e. The third-order valence-electron chi connectivity index (χ3n) is 3.00. The summed E-state index contributed by atoms with van der Waals surface area (Å²) in [5.74, 6) is 0.429. The average Bonchev–Trinajstić information content (AvgIpc) is 2.85. The highest BCUT2D eigenvalue weighted by molar-refractivity contribution is 6.16. The molecule has 0 unspecified atom stereocenters. The lowest BCUT2D eigenvalue weighted by molar-refractivity contribution is 1.17. The van der Waals surface area contributed by atoms with E-state index in [0.717, 1.165) is 16.5 Å². The maximum atomic E-state index is 8.23. The van der Waals surface area contributed by atoms with Gasteiger partial charge >= 0.3 is 0 Å². The Morgan fingerprint density at radius 2 is 1.84 bits per heavy atom. The molecule has 0 saturated carbocycles. The third-order valence-corrected chi connectivity index (χ3v) is 3.00. The second-order valence-corrected chi connectivity index (χ2v) is 4.17. The molecular weight excluding hydrogens is 240 g/mol. The Kier molecular flexibility index (Phi) is 2.42. The lowest BCUT2D eigenvalue weighted by Gasteiger charge is -2.09. The summed E-state index contributed by atoms with van der Waals surface area (Å²) >= 11 is 0. The number of hydrogen-bond acceptors (Lipinski definition) is 5. The molecule has 1 aromatic carbocycles. The Balaban J connectivity index is 2.13. The van der Waals surface area contributed by atoms with E-state index in [1.807, 2.05) is 30.5 Å². The van der Waals surface area contributed by atoms with Gasteiger partial charge in [0.2, 0.25) is 0 Å². The van der Waals surface area contributed by atoms with Gasteiger partial charge in [-0.25, -0.2) is 9.97 Å². The number of benzene rings is 1. The number of fused-ring (bicyclic) bond motifs is 1. The minimum atomic E-state index is 0.215. The standard InChI is InChI=1S/C13H12N6/c14-11(10-12(15)18-6-19-13(10)16)8-1-2-9-7(5-8)3-4-17-9/h1-6,14,17H,(H4,15,16,18,19). The molecule has 19 heavy (non-hydrogen) atoms. The summed E-state index contributed by atoms with van der Waals surface area (Å²) in [5, 5.41) is 9.25. The molecule has 0 fully saturated rings. The number of nitrogen functional groups attached to an aromatic ring is 2. The first-order valence-electron chi connectivity index (χ1n) is 5.69. The van der Waals surface area contributed by atoms with Crippen LogP contribution in [0.15, 0.2) is 36.8 Å². The summed E-state index contributed by atoms with van der Waals surface area (Å²) in [6, 6.07) is 7.60. The van der Waals surface area contributed by atoms with Crippen LogP contribution in [0.4, 0.5) is 11.6 Å². The summed E-state index contributed by atoms with van der Waals surface area (Å²) in [7, 11) is 0. The molecule has 0 spiro atoms. The van der Waals surface area contributed by atoms with Crippen molar-refractivity contribution in [3.63, 3.8) is 0 Å². The van der Waals surface area contributed by atoms with Gasteiger partial charge in [-0.2, -0.15) is 0 Å². The minimum Gasteiger partial charge on any atom is -0.383 e. The Hall–Kier alpha value is -2.89. The van der Waals surface area contributed by atoms with Crippen LogP contribution in [0, 0.1) is 5.41 Å². The van der Waals surface area contributed by atoms with Crippen LogP contribution in [-0.2, 0) is 0 Å². The molecule has 2 aromatic heterocycles. The van der Waals surface area contributed by atoms with Crippen LogP contribution >= 0.6 is 0 Å². The number of rotatable bonds is 2. The summed E-state index contributed by atoms with van der Waals surface area (Å²) < 4.78 is 0. The first kappa shape index (κ1) is 11.2. The lowest BCUT2D eigenvalue weighted by atomic mass is 10.0. The predicted octanol–water partition coefficient (Wildman–Crippen LogP) is 1.54. The summed E-state index contributed by atoms with van der Waals surface area (Å²) in [5.41, 5.74) is 13.9. The van der Waals surface area contributed by atoms with Crippen LogP contribution in [0.1, 0.15) is 11.1 Å². The number of nitrogens with one attached hydrogen (secondary N) is 2. The zero-order valence-corrected chi connectivity index (χ0v) is 10.0. The van der Waals surface area contributed by atoms with E-state index in [0.29, 0.717) is 5.56 Å². The number of H-pyrrole nitrogens is 1. The van der Waals surface area contributed by atoms with Gasteiger partial charge in [0.25, 0.3) is 0 Å². The van der Waals surface area contributed by atoms with Gasteiger partial charge in [0.15, 0.2) is 0 Å². The van der Waals surface area contributed by atoms with Gasteiger partial charge in [-0.15, -0.1) is 0 Å². The monoisotopic (exact) mass is 252 g/mol. The fourth-order valence-corrected chi connectivity index (χ4v) is 2.02. The molecule has 2 heterocycles. The number of aromatic nitrogens is 3. The molecule has 6 nitrogen and oxygen atoms in total. The van der Waals surface area contributed by atoms with Gasteiger partial charge in [-0.05, 0) is 18.2 Å². The molecule has 0 saturated heterocycles. The molecule has 0 aliphatic rings. The summed E-state index contributed by atoms with van der Waals surface area (Å²) in [4.78, 5) is 10.9. The van der Waals surface area contributed by atoms with E-state index in [-0.39, 0.29) is 17.3 Å². The maximum absolute atomic E-state index is 8.23. The molecule has 0 amide bonds. The number of nitrogens with zero attached hydrogens (tertiary/aromatic N) is 2. The highest BCUT2D eigenvalue weighted by Gasteiger charge is 2.14. The number of nitrogens with two attached hydrogens (primary N) is 2. The number of aromatic amines is 1. The van der Waals surface area contributed by atoms with Gasteiger partial charge in [0.05, 0.1) is 11.3 Å². The normalized spacial score (nSPS) is 10.7. The van der Waals surface area contributed by atoms with E-state index >= 15 is 0 Å². The molecule has 0 bridgehead atoms. The van der Waals surface area contributed by atoms with Crippen molar-refractivity contribution in [3.05, 3.63) is 47.9 Å². The highest BCUT2D eigenvalue weighted by atomic mass is 15.0. The fraction of sp³-hybridized carbons (Fsp3) is 0. The minimum absolute atomic E-state index is 0.215. The number of anilines is 2. The highest BCUT2D eigenvalue weighted by Crippen LogP contribution is 2.21. The van der Waals surface area contributed by atoms with E-state index < -0.39 is 0 Å². The predicted molar refractivity (Wildman–Crippen MR) is 75.1 cm³/mol. The zero-order chi connectivity index (χ0) is 13.4.